The summed E-state index contributed by atoms with van der Waals surface area (Å²) in [4.78, 5) is 0. The molecule has 0 saturated heterocycles. The van der Waals surface area contributed by atoms with E-state index in [4.69, 9.17) is 9.94 Å². The van der Waals surface area contributed by atoms with E-state index in [-0.39, 0.29) is 0 Å². The minimum absolute atomic E-state index is 0.475. The second-order valence-electron chi connectivity index (χ2n) is 4.60. The second-order valence-corrected chi connectivity index (χ2v) is 5.52. The molecule has 0 aliphatic rings. The fourth-order valence-corrected chi connectivity index (χ4v) is 2.11. The lowest BCUT2D eigenvalue weighted by molar-refractivity contribution is 0.303. The minimum atomic E-state index is 0.475. The van der Waals surface area contributed by atoms with Crippen molar-refractivity contribution >= 4 is 21.6 Å². The van der Waals surface area contributed by atoms with Crippen LogP contribution in [0.4, 0.5) is 0 Å². The third kappa shape index (κ3) is 3.61. The number of halogens is 1. The van der Waals surface area contributed by atoms with Crippen LogP contribution in [0.3, 0.4) is 0 Å². The Morgan fingerprint density at radius 1 is 1.20 bits per heavy atom. The molecular weight excluding hydrogens is 318 g/mol. The van der Waals surface area contributed by atoms with Crippen molar-refractivity contribution in [3.05, 3.63) is 63.6 Å². The van der Waals surface area contributed by atoms with Crippen LogP contribution in [-0.4, -0.2) is 10.9 Å². The monoisotopic (exact) mass is 333 g/mol. The quantitative estimate of drug-likeness (QED) is 0.507. The summed E-state index contributed by atoms with van der Waals surface area (Å²) in [5.41, 5.74) is 3.52. The largest absolute Gasteiger partial charge is 0.488 e. The molecule has 0 radical (unpaired) electrons. The van der Waals surface area contributed by atoms with E-state index in [9.17, 15) is 0 Å². The van der Waals surface area contributed by atoms with Crippen LogP contribution in [0.2, 0.25) is 0 Å². The molecule has 0 aromatic heterocycles. The van der Waals surface area contributed by atoms with Crippen molar-refractivity contribution in [2.75, 3.05) is 0 Å². The molecule has 3 nitrogen and oxygen atoms in total. The molecule has 0 aliphatic carbocycles. The van der Waals surface area contributed by atoms with Crippen LogP contribution < -0.4 is 4.74 Å². The molecule has 0 amide bonds. The van der Waals surface area contributed by atoms with Gasteiger partial charge in [-0.3, -0.25) is 0 Å². The van der Waals surface area contributed by atoms with Crippen LogP contribution >= 0.6 is 15.9 Å². The average Bonchev–Trinajstić information content (AvgIpc) is 2.46. The van der Waals surface area contributed by atoms with Gasteiger partial charge in [0.1, 0.15) is 12.4 Å². The Morgan fingerprint density at radius 3 is 2.55 bits per heavy atom. The fraction of sp³-hybridized carbons (Fsp3) is 0.188. The van der Waals surface area contributed by atoms with E-state index in [1.54, 1.807) is 6.92 Å². The number of nitrogens with zero attached hydrogens (tertiary/aromatic N) is 1. The van der Waals surface area contributed by atoms with Crippen LogP contribution in [0.5, 0.6) is 5.75 Å². The van der Waals surface area contributed by atoms with E-state index in [1.807, 2.05) is 49.4 Å². The van der Waals surface area contributed by atoms with E-state index in [2.05, 4.69) is 21.1 Å². The first-order valence-electron chi connectivity index (χ1n) is 6.27. The molecule has 0 heterocycles. The maximum absolute atomic E-state index is 8.92. The summed E-state index contributed by atoms with van der Waals surface area (Å²) in [5.74, 6) is 0.725. The topological polar surface area (TPSA) is 41.8 Å². The Hall–Kier alpha value is -1.81. The van der Waals surface area contributed by atoms with Gasteiger partial charge in [-0.25, -0.2) is 0 Å². The third-order valence-corrected chi connectivity index (χ3v) is 3.51. The van der Waals surface area contributed by atoms with E-state index in [0.717, 1.165) is 26.9 Å². The Morgan fingerprint density at radius 2 is 1.90 bits per heavy atom. The summed E-state index contributed by atoms with van der Waals surface area (Å²) in [6, 6.07) is 13.8. The number of rotatable bonds is 4. The van der Waals surface area contributed by atoms with Crippen molar-refractivity contribution in [3.8, 4) is 5.75 Å². The Balaban J connectivity index is 2.20. The summed E-state index contributed by atoms with van der Waals surface area (Å²) in [6.45, 7) is 4.22. The maximum Gasteiger partial charge on any atom is 0.129 e. The zero-order chi connectivity index (χ0) is 14.5. The molecule has 0 fully saturated rings. The second kappa shape index (κ2) is 6.57. The van der Waals surface area contributed by atoms with Gasteiger partial charge in [-0.15, -0.1) is 0 Å². The predicted octanol–water partition coefficient (Wildman–Crippen LogP) is 4.53. The van der Waals surface area contributed by atoms with Gasteiger partial charge in [-0.2, -0.15) is 0 Å². The number of hydrogen-bond acceptors (Lipinski definition) is 3. The summed E-state index contributed by atoms with van der Waals surface area (Å²) in [6.07, 6.45) is 0. The average molecular weight is 334 g/mol. The molecule has 2 aromatic rings. The zero-order valence-electron chi connectivity index (χ0n) is 11.4. The number of oxime groups is 1. The zero-order valence-corrected chi connectivity index (χ0v) is 13.0. The SMILES string of the molecule is CC(=NO)c1ccc(C)cc1OCc1ccc(Br)cc1. The number of benzene rings is 2. The van der Waals surface area contributed by atoms with Gasteiger partial charge >= 0.3 is 0 Å². The van der Waals surface area contributed by atoms with E-state index in [0.29, 0.717) is 12.3 Å². The highest BCUT2D eigenvalue weighted by molar-refractivity contribution is 9.10. The molecule has 2 rings (SSSR count). The summed E-state index contributed by atoms with van der Waals surface area (Å²) in [5, 5.41) is 12.2. The van der Waals surface area contributed by atoms with Gasteiger partial charge in [0.25, 0.3) is 0 Å². The van der Waals surface area contributed by atoms with Gasteiger partial charge in [-0.1, -0.05) is 39.3 Å². The van der Waals surface area contributed by atoms with E-state index in [1.165, 1.54) is 0 Å². The fourth-order valence-electron chi connectivity index (χ4n) is 1.84. The van der Waals surface area contributed by atoms with E-state index >= 15 is 0 Å². The van der Waals surface area contributed by atoms with Crippen molar-refractivity contribution in [2.45, 2.75) is 20.5 Å². The number of hydrogen-bond donors (Lipinski definition) is 1. The van der Waals surface area contributed by atoms with E-state index < -0.39 is 0 Å². The molecule has 0 bridgehead atoms. The van der Waals surface area contributed by atoms with Gasteiger partial charge in [0, 0.05) is 10.0 Å². The van der Waals surface area contributed by atoms with Gasteiger partial charge in [0.15, 0.2) is 0 Å². The molecule has 104 valence electrons. The van der Waals surface area contributed by atoms with Gasteiger partial charge < -0.3 is 9.94 Å². The van der Waals surface area contributed by atoms with Crippen molar-refractivity contribution in [1.29, 1.82) is 0 Å². The summed E-state index contributed by atoms with van der Waals surface area (Å²) < 4.78 is 6.90. The molecule has 0 unspecified atom stereocenters. The highest BCUT2D eigenvalue weighted by atomic mass is 79.9. The molecule has 0 saturated carbocycles. The van der Waals surface area contributed by atoms with Crippen molar-refractivity contribution in [1.82, 2.24) is 0 Å². The predicted molar refractivity (Wildman–Crippen MR) is 83.7 cm³/mol. The molecule has 1 N–H and O–H groups in total. The Kier molecular flexibility index (Phi) is 4.79. The first-order chi connectivity index (χ1) is 9.60. The molecule has 4 heteroatoms. The molecule has 20 heavy (non-hydrogen) atoms. The van der Waals surface area contributed by atoms with Crippen LogP contribution in [0.25, 0.3) is 0 Å². The first kappa shape index (κ1) is 14.6. The highest BCUT2D eigenvalue weighted by Gasteiger charge is 2.08. The van der Waals surface area contributed by atoms with Gasteiger partial charge in [0.05, 0.1) is 5.71 Å². The lowest BCUT2D eigenvalue weighted by Gasteiger charge is -2.12. The Labute approximate surface area is 127 Å². The molecule has 0 atom stereocenters. The molecular formula is C16H16BrNO2. The number of aryl methyl sites for hydroxylation is 1. The lowest BCUT2D eigenvalue weighted by Crippen LogP contribution is -2.03. The van der Waals surface area contributed by atoms with Gasteiger partial charge in [-0.05, 0) is 49.2 Å². The first-order valence-corrected chi connectivity index (χ1v) is 7.06. The molecule has 0 aliphatic heterocycles. The Bertz CT molecular complexity index is 621. The highest BCUT2D eigenvalue weighted by Crippen LogP contribution is 2.22. The molecule has 0 spiro atoms. The van der Waals surface area contributed by atoms with Crippen LogP contribution in [0.1, 0.15) is 23.6 Å². The van der Waals surface area contributed by atoms with Crippen LogP contribution in [0.15, 0.2) is 52.1 Å². The summed E-state index contributed by atoms with van der Waals surface area (Å²) in [7, 11) is 0. The number of ether oxygens (including phenoxy) is 1. The lowest BCUT2D eigenvalue weighted by atomic mass is 10.1. The smallest absolute Gasteiger partial charge is 0.129 e. The maximum atomic E-state index is 8.92. The van der Waals surface area contributed by atoms with Crippen molar-refractivity contribution < 1.29 is 9.94 Å². The summed E-state index contributed by atoms with van der Waals surface area (Å²) >= 11 is 3.41. The third-order valence-electron chi connectivity index (χ3n) is 2.98. The van der Waals surface area contributed by atoms with Crippen LogP contribution in [0, 0.1) is 6.92 Å². The minimum Gasteiger partial charge on any atom is -0.488 e. The molecule has 2 aromatic carbocycles. The van der Waals surface area contributed by atoms with Crippen LogP contribution in [-0.2, 0) is 6.61 Å². The standard InChI is InChI=1S/C16H16BrNO2/c1-11-3-8-15(12(2)18-19)16(9-11)20-10-13-4-6-14(17)7-5-13/h3-9,19H,10H2,1-2H3. The van der Waals surface area contributed by atoms with Crippen molar-refractivity contribution in [3.63, 3.8) is 0 Å². The van der Waals surface area contributed by atoms with Gasteiger partial charge in [0.2, 0.25) is 0 Å². The van der Waals surface area contributed by atoms with Crippen molar-refractivity contribution in [2.24, 2.45) is 5.16 Å². The normalized spacial score (nSPS) is 11.4.